The number of rotatable bonds is 11. The summed E-state index contributed by atoms with van der Waals surface area (Å²) in [6.45, 7) is 6.36. The second-order valence-electron chi connectivity index (χ2n) is 8.89. The number of hydrogen-bond donors (Lipinski definition) is 1. The van der Waals surface area contributed by atoms with Crippen molar-refractivity contribution in [2.75, 3.05) is 6.54 Å². The Hall–Kier alpha value is -3.40. The van der Waals surface area contributed by atoms with Crippen LogP contribution in [0.5, 0.6) is 0 Å². The Morgan fingerprint density at radius 1 is 0.794 bits per heavy atom. The van der Waals surface area contributed by atoms with Crippen LogP contribution in [0.2, 0.25) is 0 Å². The lowest BCUT2D eigenvalue weighted by molar-refractivity contribution is -0.140. The number of benzene rings is 3. The quantitative estimate of drug-likeness (QED) is 0.409. The lowest BCUT2D eigenvalue weighted by Crippen LogP contribution is -2.50. The number of hydrogen-bond acceptors (Lipinski definition) is 2. The fraction of sp³-hybridized carbons (Fsp3) is 0.333. The molecule has 4 nitrogen and oxygen atoms in total. The van der Waals surface area contributed by atoms with Crippen LogP contribution in [0.4, 0.5) is 0 Å². The van der Waals surface area contributed by atoms with Crippen LogP contribution in [0.3, 0.4) is 0 Å². The molecular weight excluding hydrogens is 420 g/mol. The Kier molecular flexibility index (Phi) is 9.45. The van der Waals surface area contributed by atoms with Gasteiger partial charge in [0.2, 0.25) is 11.8 Å². The molecule has 0 spiro atoms. The maximum Gasteiger partial charge on any atom is 0.242 e. The number of carbonyl (C=O) groups is 2. The van der Waals surface area contributed by atoms with Crippen LogP contribution in [0, 0.1) is 0 Å². The molecule has 0 aromatic heterocycles. The molecular formula is C30H36N2O2. The number of carbonyl (C=O) groups excluding carboxylic acids is 2. The van der Waals surface area contributed by atoms with Gasteiger partial charge in [-0.25, -0.2) is 0 Å². The second-order valence-corrected chi connectivity index (χ2v) is 8.89. The van der Waals surface area contributed by atoms with Crippen LogP contribution in [0.25, 0.3) is 0 Å². The maximum absolute atomic E-state index is 13.8. The molecule has 3 aromatic rings. The number of nitrogens with one attached hydrogen (secondary N) is 1. The summed E-state index contributed by atoms with van der Waals surface area (Å²) in [6.07, 6.45) is 1.86. The highest BCUT2D eigenvalue weighted by Gasteiger charge is 2.29. The molecule has 1 N–H and O–H groups in total. The standard InChI is InChI=1S/C30H36N2O2/c1-4-23(2)31-30(34)24(3)32(21-20-25-14-8-5-9-15-25)29(33)22-28(26-16-10-6-11-17-26)27-18-12-7-13-19-27/h5-19,23-24,28H,4,20-22H2,1-3H3,(H,31,34)/t23-,24+/m0/s1. The Bertz CT molecular complexity index is 982. The van der Waals surface area contributed by atoms with Gasteiger partial charge in [0.15, 0.2) is 0 Å². The van der Waals surface area contributed by atoms with Crippen molar-refractivity contribution in [1.29, 1.82) is 0 Å². The van der Waals surface area contributed by atoms with E-state index in [1.54, 1.807) is 4.90 Å². The average Bonchev–Trinajstić information content (AvgIpc) is 2.88. The zero-order chi connectivity index (χ0) is 24.3. The molecule has 0 fully saturated rings. The van der Waals surface area contributed by atoms with Crippen molar-refractivity contribution >= 4 is 11.8 Å². The highest BCUT2D eigenvalue weighted by molar-refractivity contribution is 5.88. The summed E-state index contributed by atoms with van der Waals surface area (Å²) in [4.78, 5) is 28.5. The summed E-state index contributed by atoms with van der Waals surface area (Å²) in [5, 5.41) is 3.05. The third kappa shape index (κ3) is 7.05. The molecule has 0 aliphatic rings. The van der Waals surface area contributed by atoms with E-state index >= 15 is 0 Å². The predicted octanol–water partition coefficient (Wildman–Crippen LogP) is 5.58. The van der Waals surface area contributed by atoms with Crippen LogP contribution in [0.15, 0.2) is 91.0 Å². The topological polar surface area (TPSA) is 49.4 Å². The highest BCUT2D eigenvalue weighted by atomic mass is 16.2. The van der Waals surface area contributed by atoms with E-state index in [1.165, 1.54) is 0 Å². The third-order valence-corrected chi connectivity index (χ3v) is 6.44. The van der Waals surface area contributed by atoms with Crippen molar-refractivity contribution in [3.63, 3.8) is 0 Å². The molecule has 0 saturated heterocycles. The lowest BCUT2D eigenvalue weighted by atomic mass is 9.88. The van der Waals surface area contributed by atoms with Gasteiger partial charge in [-0.15, -0.1) is 0 Å². The Morgan fingerprint density at radius 3 is 1.79 bits per heavy atom. The molecule has 178 valence electrons. The van der Waals surface area contributed by atoms with E-state index in [1.807, 2.05) is 75.4 Å². The smallest absolute Gasteiger partial charge is 0.242 e. The van der Waals surface area contributed by atoms with Gasteiger partial charge in [0, 0.05) is 24.9 Å². The van der Waals surface area contributed by atoms with Crippen molar-refractivity contribution < 1.29 is 9.59 Å². The van der Waals surface area contributed by atoms with Crippen LogP contribution in [-0.4, -0.2) is 35.3 Å². The van der Waals surface area contributed by atoms with Crippen LogP contribution >= 0.6 is 0 Å². The Labute approximate surface area is 204 Å². The van der Waals surface area contributed by atoms with E-state index < -0.39 is 6.04 Å². The van der Waals surface area contributed by atoms with Gasteiger partial charge in [-0.3, -0.25) is 9.59 Å². The van der Waals surface area contributed by atoms with Gasteiger partial charge in [0.1, 0.15) is 6.04 Å². The van der Waals surface area contributed by atoms with Crippen molar-refractivity contribution in [1.82, 2.24) is 10.2 Å². The van der Waals surface area contributed by atoms with Gasteiger partial charge in [-0.1, -0.05) is 97.9 Å². The number of nitrogens with zero attached hydrogens (tertiary/aromatic N) is 1. The molecule has 3 aromatic carbocycles. The molecule has 34 heavy (non-hydrogen) atoms. The molecule has 0 heterocycles. The minimum atomic E-state index is -0.544. The maximum atomic E-state index is 13.8. The van der Waals surface area contributed by atoms with E-state index in [0.717, 1.165) is 23.1 Å². The lowest BCUT2D eigenvalue weighted by Gasteiger charge is -2.31. The van der Waals surface area contributed by atoms with E-state index in [-0.39, 0.29) is 23.8 Å². The average molecular weight is 457 g/mol. The first kappa shape index (κ1) is 25.2. The SMILES string of the molecule is CC[C@H](C)NC(=O)[C@@H](C)N(CCc1ccccc1)C(=O)CC(c1ccccc1)c1ccccc1. The van der Waals surface area contributed by atoms with Crippen molar-refractivity contribution in [3.8, 4) is 0 Å². The Balaban J connectivity index is 1.85. The molecule has 3 rings (SSSR count). The zero-order valence-electron chi connectivity index (χ0n) is 20.5. The van der Waals surface area contributed by atoms with E-state index in [0.29, 0.717) is 19.4 Å². The van der Waals surface area contributed by atoms with Gasteiger partial charge >= 0.3 is 0 Å². The first-order chi connectivity index (χ1) is 16.5. The van der Waals surface area contributed by atoms with Crippen LogP contribution in [-0.2, 0) is 16.0 Å². The first-order valence-corrected chi connectivity index (χ1v) is 12.2. The van der Waals surface area contributed by atoms with Crippen molar-refractivity contribution in [2.45, 2.75) is 58.0 Å². The minimum Gasteiger partial charge on any atom is -0.352 e. The highest BCUT2D eigenvalue weighted by Crippen LogP contribution is 2.29. The second kappa shape index (κ2) is 12.7. The van der Waals surface area contributed by atoms with Crippen LogP contribution in [0.1, 0.15) is 56.2 Å². The molecule has 0 bridgehead atoms. The molecule has 0 aliphatic heterocycles. The van der Waals surface area contributed by atoms with Gasteiger partial charge in [-0.2, -0.15) is 0 Å². The molecule has 0 unspecified atom stereocenters. The summed E-state index contributed by atoms with van der Waals surface area (Å²) in [6, 6.07) is 29.9. The zero-order valence-corrected chi connectivity index (χ0v) is 20.5. The molecule has 2 atom stereocenters. The third-order valence-electron chi connectivity index (χ3n) is 6.44. The molecule has 0 aliphatic carbocycles. The summed E-state index contributed by atoms with van der Waals surface area (Å²) >= 11 is 0. The van der Waals surface area contributed by atoms with Gasteiger partial charge in [0.05, 0.1) is 0 Å². The van der Waals surface area contributed by atoms with E-state index in [2.05, 4.69) is 41.7 Å². The molecule has 0 radical (unpaired) electrons. The summed E-state index contributed by atoms with van der Waals surface area (Å²) in [5.74, 6) is -0.189. The summed E-state index contributed by atoms with van der Waals surface area (Å²) < 4.78 is 0. The summed E-state index contributed by atoms with van der Waals surface area (Å²) in [7, 11) is 0. The fourth-order valence-corrected chi connectivity index (χ4v) is 4.13. The van der Waals surface area contributed by atoms with Crippen molar-refractivity contribution in [2.24, 2.45) is 0 Å². The van der Waals surface area contributed by atoms with Gasteiger partial charge in [0.25, 0.3) is 0 Å². The van der Waals surface area contributed by atoms with Gasteiger partial charge in [-0.05, 0) is 43.4 Å². The molecule has 4 heteroatoms. The summed E-state index contributed by atoms with van der Waals surface area (Å²) in [5.41, 5.74) is 3.35. The van der Waals surface area contributed by atoms with E-state index in [4.69, 9.17) is 0 Å². The largest absolute Gasteiger partial charge is 0.352 e. The van der Waals surface area contributed by atoms with Crippen molar-refractivity contribution in [3.05, 3.63) is 108 Å². The van der Waals surface area contributed by atoms with Crippen LogP contribution < -0.4 is 5.32 Å². The number of amides is 2. The first-order valence-electron chi connectivity index (χ1n) is 12.2. The Morgan fingerprint density at radius 2 is 1.29 bits per heavy atom. The fourth-order valence-electron chi connectivity index (χ4n) is 4.13. The normalized spacial score (nSPS) is 12.7. The molecule has 0 saturated carbocycles. The van der Waals surface area contributed by atoms with Gasteiger partial charge < -0.3 is 10.2 Å². The van der Waals surface area contributed by atoms with E-state index in [9.17, 15) is 9.59 Å². The monoisotopic (exact) mass is 456 g/mol. The minimum absolute atomic E-state index is 0.0135. The predicted molar refractivity (Wildman–Crippen MR) is 139 cm³/mol. The molecule has 2 amide bonds.